The molecular weight excluding hydrogens is 535 g/mol. The van der Waals surface area contributed by atoms with Crippen LogP contribution in [0.1, 0.15) is 19.4 Å². The van der Waals surface area contributed by atoms with Crippen LogP contribution in [-0.4, -0.2) is 71.4 Å². The third-order valence-corrected chi connectivity index (χ3v) is 5.77. The maximum absolute atomic E-state index is 14.1. The first-order valence-electron chi connectivity index (χ1n) is 10.2. The predicted molar refractivity (Wildman–Crippen MR) is 111 cm³/mol. The molecule has 1 atom stereocenters. The molecule has 2 aliphatic rings. The predicted octanol–water partition coefficient (Wildman–Crippen LogP) is 2.81. The van der Waals surface area contributed by atoms with E-state index in [4.69, 9.17) is 9.57 Å². The highest BCUT2D eigenvalue weighted by Crippen LogP contribution is 2.35. The lowest BCUT2D eigenvalue weighted by Gasteiger charge is -2.49. The zero-order valence-corrected chi connectivity index (χ0v) is 19.8. The van der Waals surface area contributed by atoms with E-state index in [2.05, 4.69) is 21.2 Å². The number of halogens is 6. The summed E-state index contributed by atoms with van der Waals surface area (Å²) in [6.07, 6.45) is -6.60. The SMILES string of the molecule is CC(C)N1C(=O)C(Br)=C(OCc2ccc(F)cc2F)N(OC(=O)C(F)(F)F)C1N1CCNCC1. The van der Waals surface area contributed by atoms with Gasteiger partial charge in [0.05, 0.1) is 0 Å². The van der Waals surface area contributed by atoms with E-state index in [1.807, 2.05) is 0 Å². The molecule has 0 saturated carbocycles. The van der Waals surface area contributed by atoms with Crippen molar-refractivity contribution >= 4 is 27.8 Å². The van der Waals surface area contributed by atoms with E-state index in [1.54, 1.807) is 18.7 Å². The van der Waals surface area contributed by atoms with Gasteiger partial charge in [0.25, 0.3) is 5.91 Å². The number of ether oxygens (including phenoxy) is 1. The topological polar surface area (TPSA) is 74.4 Å². The molecule has 1 amide bonds. The minimum atomic E-state index is -5.33. The summed E-state index contributed by atoms with van der Waals surface area (Å²) in [5.74, 6) is -5.50. The van der Waals surface area contributed by atoms with Crippen molar-refractivity contribution in [1.82, 2.24) is 20.2 Å². The summed E-state index contributed by atoms with van der Waals surface area (Å²) in [6, 6.07) is 2.16. The third kappa shape index (κ3) is 5.61. The van der Waals surface area contributed by atoms with Crippen molar-refractivity contribution in [2.45, 2.75) is 39.0 Å². The molecule has 8 nitrogen and oxygen atoms in total. The lowest BCUT2D eigenvalue weighted by atomic mass is 10.2. The molecule has 34 heavy (non-hydrogen) atoms. The highest BCUT2D eigenvalue weighted by atomic mass is 79.9. The van der Waals surface area contributed by atoms with Gasteiger partial charge in [-0.1, -0.05) is 0 Å². The van der Waals surface area contributed by atoms with E-state index in [1.165, 1.54) is 4.90 Å². The number of rotatable bonds is 6. The second-order valence-corrected chi connectivity index (χ2v) is 8.58. The minimum Gasteiger partial charge on any atom is -0.471 e. The van der Waals surface area contributed by atoms with Crippen LogP contribution in [0.15, 0.2) is 28.6 Å². The minimum absolute atomic E-state index is 0.131. The van der Waals surface area contributed by atoms with Gasteiger partial charge in [0.1, 0.15) is 22.7 Å². The second kappa shape index (κ2) is 10.4. The molecule has 1 saturated heterocycles. The molecule has 2 heterocycles. The van der Waals surface area contributed by atoms with E-state index in [0.717, 1.165) is 12.1 Å². The number of benzene rings is 1. The lowest BCUT2D eigenvalue weighted by molar-refractivity contribution is -0.280. The second-order valence-electron chi connectivity index (χ2n) is 7.78. The Morgan fingerprint density at radius 3 is 2.44 bits per heavy atom. The number of nitrogens with zero attached hydrogens (tertiary/aromatic N) is 3. The van der Waals surface area contributed by atoms with Crippen molar-refractivity contribution in [1.29, 1.82) is 0 Å². The molecule has 188 valence electrons. The maximum Gasteiger partial charge on any atom is 0.493 e. The van der Waals surface area contributed by atoms with Crippen LogP contribution in [0.3, 0.4) is 0 Å². The van der Waals surface area contributed by atoms with Gasteiger partial charge in [0.2, 0.25) is 12.2 Å². The first-order chi connectivity index (χ1) is 15.9. The highest BCUT2D eigenvalue weighted by Gasteiger charge is 2.50. The van der Waals surface area contributed by atoms with Crippen LogP contribution in [-0.2, 0) is 25.8 Å². The number of alkyl halides is 3. The van der Waals surface area contributed by atoms with Gasteiger partial charge >= 0.3 is 12.1 Å². The maximum atomic E-state index is 14.1. The van der Waals surface area contributed by atoms with Gasteiger partial charge in [-0.3, -0.25) is 14.6 Å². The fourth-order valence-electron chi connectivity index (χ4n) is 3.50. The highest BCUT2D eigenvalue weighted by molar-refractivity contribution is 9.12. The van der Waals surface area contributed by atoms with E-state index in [-0.39, 0.29) is 10.0 Å². The summed E-state index contributed by atoms with van der Waals surface area (Å²) in [5, 5.41) is 3.65. The number of amides is 1. The Kier molecular flexibility index (Phi) is 8.03. The number of hydrogen-bond donors (Lipinski definition) is 1. The standard InChI is InChI=1S/C20H22BrF5N4O4/c1-11(2)29-16(31)15(21)17(33-10-12-3-4-13(22)9-14(12)23)30(34-18(32)20(24,25)26)19(29)28-7-5-27-6-8-28/h3-4,9,11,19,27H,5-8,10H2,1-2H3. The van der Waals surface area contributed by atoms with Gasteiger partial charge in [-0.05, 0) is 41.9 Å². The average Bonchev–Trinajstić information content (AvgIpc) is 2.76. The van der Waals surface area contributed by atoms with Crippen molar-refractivity contribution in [3.05, 3.63) is 45.8 Å². The van der Waals surface area contributed by atoms with Crippen molar-refractivity contribution in [2.75, 3.05) is 26.2 Å². The van der Waals surface area contributed by atoms with Gasteiger partial charge in [-0.15, -0.1) is 5.06 Å². The smallest absolute Gasteiger partial charge is 0.471 e. The fraction of sp³-hybridized carbons (Fsp3) is 0.500. The molecule has 1 aromatic rings. The van der Waals surface area contributed by atoms with E-state index in [0.29, 0.717) is 37.3 Å². The molecule has 0 radical (unpaired) electrons. The molecule has 0 aliphatic carbocycles. The van der Waals surface area contributed by atoms with E-state index < -0.39 is 54.5 Å². The molecule has 1 N–H and O–H groups in total. The molecule has 3 rings (SSSR count). The van der Waals surface area contributed by atoms with Crippen molar-refractivity contribution in [3.63, 3.8) is 0 Å². The van der Waals surface area contributed by atoms with Crippen LogP contribution in [0.2, 0.25) is 0 Å². The molecule has 1 aromatic carbocycles. The monoisotopic (exact) mass is 556 g/mol. The zero-order chi connectivity index (χ0) is 25.2. The Balaban J connectivity index is 2.04. The number of nitrogens with one attached hydrogen (secondary N) is 1. The molecule has 0 bridgehead atoms. The molecule has 1 fully saturated rings. The normalized spacial score (nSPS) is 20.3. The van der Waals surface area contributed by atoms with E-state index >= 15 is 0 Å². The summed E-state index contributed by atoms with van der Waals surface area (Å²) in [7, 11) is 0. The Bertz CT molecular complexity index is 969. The Labute approximate surface area is 200 Å². The van der Waals surface area contributed by atoms with Gasteiger partial charge < -0.3 is 14.9 Å². The molecule has 14 heteroatoms. The van der Waals surface area contributed by atoms with Crippen LogP contribution >= 0.6 is 15.9 Å². The zero-order valence-electron chi connectivity index (χ0n) is 18.2. The van der Waals surface area contributed by atoms with Crippen LogP contribution in [0, 0.1) is 11.6 Å². The van der Waals surface area contributed by atoms with Crippen LogP contribution in [0.4, 0.5) is 22.0 Å². The van der Waals surface area contributed by atoms with Gasteiger partial charge in [-0.25, -0.2) is 13.6 Å². The van der Waals surface area contributed by atoms with Crippen LogP contribution in [0.5, 0.6) is 0 Å². The molecule has 2 aliphatic heterocycles. The number of carbonyl (C=O) groups is 2. The first kappa shape index (κ1) is 26.2. The fourth-order valence-corrected chi connectivity index (χ4v) is 4.00. The largest absolute Gasteiger partial charge is 0.493 e. The van der Waals surface area contributed by atoms with Crippen LogP contribution < -0.4 is 5.32 Å². The average molecular weight is 557 g/mol. The summed E-state index contributed by atoms with van der Waals surface area (Å²) >= 11 is 3.03. The summed E-state index contributed by atoms with van der Waals surface area (Å²) in [6.45, 7) is 4.30. The first-order valence-corrected chi connectivity index (χ1v) is 11.0. The summed E-state index contributed by atoms with van der Waals surface area (Å²) < 4.78 is 71.8. The summed E-state index contributed by atoms with van der Waals surface area (Å²) in [4.78, 5) is 32.6. The Morgan fingerprint density at radius 1 is 1.24 bits per heavy atom. The van der Waals surface area contributed by atoms with E-state index in [9.17, 15) is 31.5 Å². The lowest BCUT2D eigenvalue weighted by Crippen LogP contribution is -2.67. The molecular formula is C20H22BrF5N4O4. The number of hydroxylamine groups is 2. The van der Waals surface area contributed by atoms with Crippen molar-refractivity contribution in [2.24, 2.45) is 0 Å². The van der Waals surface area contributed by atoms with Crippen molar-refractivity contribution in [3.8, 4) is 0 Å². The van der Waals surface area contributed by atoms with Gasteiger partial charge in [-0.2, -0.15) is 13.2 Å². The number of piperazine rings is 1. The van der Waals surface area contributed by atoms with Gasteiger partial charge in [0, 0.05) is 43.9 Å². The quantitative estimate of drug-likeness (QED) is 0.540. The number of carbonyl (C=O) groups excluding carboxylic acids is 2. The van der Waals surface area contributed by atoms with Crippen LogP contribution in [0.25, 0.3) is 0 Å². The Morgan fingerprint density at radius 2 is 1.88 bits per heavy atom. The third-order valence-electron chi connectivity index (χ3n) is 5.10. The molecule has 1 unspecified atom stereocenters. The molecule has 0 aromatic heterocycles. The van der Waals surface area contributed by atoms with Crippen molar-refractivity contribution < 1.29 is 41.1 Å². The number of hydrogen-bond acceptors (Lipinski definition) is 7. The summed E-state index contributed by atoms with van der Waals surface area (Å²) in [5.41, 5.74) is -0.131. The van der Waals surface area contributed by atoms with Gasteiger partial charge in [0.15, 0.2) is 0 Å². The molecule has 0 spiro atoms. The Hall–Kier alpha value is -2.45.